The van der Waals surface area contributed by atoms with Crippen molar-refractivity contribution in [2.75, 3.05) is 13.9 Å². The number of carbonyl (C=O) groups excluding carboxylic acids is 1. The first-order chi connectivity index (χ1) is 6.09. The van der Waals surface area contributed by atoms with E-state index in [1.165, 1.54) is 7.11 Å². The number of rotatable bonds is 4. The third-order valence-electron chi connectivity index (χ3n) is 1.06. The minimum atomic E-state index is -3.85. The average Bonchev–Trinajstić information content (AvgIpc) is 2.37. The summed E-state index contributed by atoms with van der Waals surface area (Å²) >= 11 is 0. The Hall–Kier alpha value is -1.37. The lowest BCUT2D eigenvalue weighted by Gasteiger charge is -2.07. The van der Waals surface area contributed by atoms with Crippen molar-refractivity contribution in [1.29, 1.82) is 0 Å². The molecule has 0 radical (unpaired) electrons. The predicted octanol–water partition coefficient (Wildman–Crippen LogP) is 0.572. The lowest BCUT2D eigenvalue weighted by molar-refractivity contribution is -0.346. The second-order valence-corrected chi connectivity index (χ2v) is 1.99. The highest BCUT2D eigenvalue weighted by molar-refractivity contribution is 5.71. The molecule has 1 rings (SSSR count). The molecule has 74 valence electrons. The maximum Gasteiger partial charge on any atom is 0.588 e. The molecule has 0 atom stereocenters. The zero-order valence-electron chi connectivity index (χ0n) is 6.58. The van der Waals surface area contributed by atoms with Crippen molar-refractivity contribution >= 4 is 6.29 Å². The zero-order valence-corrected chi connectivity index (χ0v) is 6.58. The molecule has 0 saturated carbocycles. The van der Waals surface area contributed by atoms with E-state index in [2.05, 4.69) is 18.9 Å². The topological polar surface area (TPSA) is 54.0 Å². The first-order valence-corrected chi connectivity index (χ1v) is 3.16. The van der Waals surface area contributed by atoms with E-state index in [0.29, 0.717) is 0 Å². The summed E-state index contributed by atoms with van der Waals surface area (Å²) in [4.78, 5) is 10.2. The molecule has 0 unspecified atom stereocenters. The van der Waals surface area contributed by atoms with Crippen LogP contribution in [0.4, 0.5) is 8.78 Å². The summed E-state index contributed by atoms with van der Waals surface area (Å²) in [7, 11) is 1.29. The smallest absolute Gasteiger partial charge is 0.435 e. The Morgan fingerprint density at radius 1 is 1.54 bits per heavy atom. The number of halogens is 2. The molecule has 0 aromatic heterocycles. The van der Waals surface area contributed by atoms with E-state index in [1.807, 2.05) is 0 Å². The third kappa shape index (κ3) is 2.28. The van der Waals surface area contributed by atoms with Gasteiger partial charge in [-0.25, -0.2) is 0 Å². The van der Waals surface area contributed by atoms with Gasteiger partial charge in [0.2, 0.25) is 0 Å². The first-order valence-electron chi connectivity index (χ1n) is 3.16. The van der Waals surface area contributed by atoms with E-state index >= 15 is 0 Å². The lowest BCUT2D eigenvalue weighted by atomic mass is 10.6. The fourth-order valence-corrected chi connectivity index (χ4v) is 0.634. The number of methoxy groups -OCH3 is 1. The average molecular weight is 196 g/mol. The summed E-state index contributed by atoms with van der Waals surface area (Å²) < 4.78 is 41.1. The van der Waals surface area contributed by atoms with Crippen molar-refractivity contribution in [2.24, 2.45) is 0 Å². The second-order valence-electron chi connectivity index (χ2n) is 1.99. The lowest BCUT2D eigenvalue weighted by Crippen LogP contribution is -2.17. The Labute approximate surface area is 71.8 Å². The van der Waals surface area contributed by atoms with Crippen molar-refractivity contribution in [2.45, 2.75) is 6.29 Å². The summed E-state index contributed by atoms with van der Waals surface area (Å²) in [6.45, 7) is -0.313. The van der Waals surface area contributed by atoms with Gasteiger partial charge in [-0.05, 0) is 0 Å². The minimum Gasteiger partial charge on any atom is -0.435 e. The molecule has 5 nitrogen and oxygen atoms in total. The Kier molecular flexibility index (Phi) is 2.66. The van der Waals surface area contributed by atoms with Crippen LogP contribution in [-0.2, 0) is 23.7 Å². The molecule has 7 heteroatoms. The molecule has 0 aromatic rings. The Bertz CT molecular complexity index is 237. The molecular weight excluding hydrogens is 190 g/mol. The number of hydrogen-bond donors (Lipinski definition) is 0. The minimum absolute atomic E-state index is 0.0614. The van der Waals surface area contributed by atoms with E-state index < -0.39 is 18.0 Å². The normalized spacial score (nSPS) is 19.3. The van der Waals surface area contributed by atoms with Crippen LogP contribution in [0.2, 0.25) is 0 Å². The van der Waals surface area contributed by atoms with Crippen LogP contribution in [-0.4, -0.2) is 26.5 Å². The molecular formula is C6H6F2O5. The number of allylic oxidation sites excluding steroid dienone is 1. The highest BCUT2D eigenvalue weighted by atomic mass is 19.3. The molecule has 1 heterocycles. The number of ether oxygens (including phenoxy) is 4. The van der Waals surface area contributed by atoms with Gasteiger partial charge in [0.05, 0.1) is 0 Å². The molecule has 0 fully saturated rings. The SMILES string of the molecule is COCOC1=C(C=O)OC(F)(F)O1. The van der Waals surface area contributed by atoms with Gasteiger partial charge in [0, 0.05) is 7.11 Å². The van der Waals surface area contributed by atoms with Crippen LogP contribution in [0.25, 0.3) is 0 Å². The number of carbonyl (C=O) groups is 1. The van der Waals surface area contributed by atoms with E-state index in [-0.39, 0.29) is 13.1 Å². The molecule has 0 spiro atoms. The molecule has 0 bridgehead atoms. The van der Waals surface area contributed by atoms with Crippen molar-refractivity contribution in [3.63, 3.8) is 0 Å². The van der Waals surface area contributed by atoms with Gasteiger partial charge in [-0.1, -0.05) is 0 Å². The Balaban J connectivity index is 2.63. The van der Waals surface area contributed by atoms with Crippen LogP contribution in [0.3, 0.4) is 0 Å². The van der Waals surface area contributed by atoms with Gasteiger partial charge < -0.3 is 18.9 Å². The van der Waals surface area contributed by atoms with Gasteiger partial charge in [-0.3, -0.25) is 4.79 Å². The van der Waals surface area contributed by atoms with Gasteiger partial charge in [-0.2, -0.15) is 0 Å². The zero-order chi connectivity index (χ0) is 9.90. The van der Waals surface area contributed by atoms with E-state index in [0.717, 1.165) is 0 Å². The molecule has 0 aliphatic carbocycles. The molecule has 1 aliphatic heterocycles. The number of aldehydes is 1. The Morgan fingerprint density at radius 3 is 2.77 bits per heavy atom. The highest BCUT2D eigenvalue weighted by Crippen LogP contribution is 2.32. The van der Waals surface area contributed by atoms with Crippen LogP contribution in [0.15, 0.2) is 11.7 Å². The van der Waals surface area contributed by atoms with Crippen molar-refractivity contribution in [3.05, 3.63) is 11.7 Å². The summed E-state index contributed by atoms with van der Waals surface area (Å²) in [5, 5.41) is 0. The van der Waals surface area contributed by atoms with Crippen molar-refractivity contribution < 1.29 is 32.5 Å². The fraction of sp³-hybridized carbons (Fsp3) is 0.500. The quantitative estimate of drug-likeness (QED) is 0.486. The van der Waals surface area contributed by atoms with E-state index in [1.54, 1.807) is 0 Å². The molecule has 0 N–H and O–H groups in total. The fourth-order valence-electron chi connectivity index (χ4n) is 0.634. The number of alkyl halides is 2. The van der Waals surface area contributed by atoms with Crippen LogP contribution in [0.5, 0.6) is 0 Å². The maximum absolute atomic E-state index is 12.3. The van der Waals surface area contributed by atoms with Gasteiger partial charge in [0.25, 0.3) is 5.76 Å². The van der Waals surface area contributed by atoms with Gasteiger partial charge in [0.1, 0.15) is 0 Å². The van der Waals surface area contributed by atoms with Gasteiger partial charge in [-0.15, -0.1) is 8.78 Å². The largest absolute Gasteiger partial charge is 0.588 e. The molecule has 1 aliphatic rings. The Morgan fingerprint density at radius 2 is 2.23 bits per heavy atom. The standard InChI is InChI=1S/C6H6F2O5/c1-10-3-11-5-4(2-9)12-6(7,8)13-5/h2H,3H2,1H3. The number of hydrogen-bond acceptors (Lipinski definition) is 5. The highest BCUT2D eigenvalue weighted by Gasteiger charge is 2.46. The van der Waals surface area contributed by atoms with E-state index in [9.17, 15) is 13.6 Å². The predicted molar refractivity (Wildman–Crippen MR) is 33.2 cm³/mol. The van der Waals surface area contributed by atoms with Gasteiger partial charge in [0.15, 0.2) is 13.1 Å². The van der Waals surface area contributed by atoms with Crippen LogP contribution >= 0.6 is 0 Å². The maximum atomic E-state index is 12.3. The van der Waals surface area contributed by atoms with Crippen molar-refractivity contribution in [1.82, 2.24) is 0 Å². The van der Waals surface area contributed by atoms with Crippen LogP contribution < -0.4 is 0 Å². The molecule has 0 saturated heterocycles. The monoisotopic (exact) mass is 196 g/mol. The summed E-state index contributed by atoms with van der Waals surface area (Å²) in [5.74, 6) is -1.37. The van der Waals surface area contributed by atoms with Gasteiger partial charge >= 0.3 is 12.2 Å². The first kappa shape index (κ1) is 9.72. The summed E-state index contributed by atoms with van der Waals surface area (Å²) in [5.41, 5.74) is 0. The second kappa shape index (κ2) is 3.56. The molecule has 0 aromatic carbocycles. The third-order valence-corrected chi connectivity index (χ3v) is 1.06. The molecule has 0 amide bonds. The summed E-state index contributed by atoms with van der Waals surface area (Å²) in [6.07, 6.45) is -3.79. The molecule has 13 heavy (non-hydrogen) atoms. The summed E-state index contributed by atoms with van der Waals surface area (Å²) in [6, 6.07) is 0. The van der Waals surface area contributed by atoms with E-state index in [4.69, 9.17) is 0 Å². The van der Waals surface area contributed by atoms with Crippen LogP contribution in [0, 0.1) is 0 Å². The van der Waals surface area contributed by atoms with Crippen LogP contribution in [0.1, 0.15) is 0 Å². The van der Waals surface area contributed by atoms with Crippen molar-refractivity contribution in [3.8, 4) is 0 Å².